The molecule has 0 spiro atoms. The van der Waals surface area contributed by atoms with Crippen molar-refractivity contribution >= 4 is 28.2 Å². The van der Waals surface area contributed by atoms with Gasteiger partial charge in [-0.25, -0.2) is 4.79 Å². The van der Waals surface area contributed by atoms with Gasteiger partial charge in [-0.15, -0.1) is 11.3 Å². The zero-order valence-electron chi connectivity index (χ0n) is 7.25. The zero-order valence-corrected chi connectivity index (χ0v) is 8.07. The van der Waals surface area contributed by atoms with Gasteiger partial charge in [0.05, 0.1) is 5.00 Å². The maximum Gasteiger partial charge on any atom is 0.346 e. The minimum Gasteiger partial charge on any atom is -0.477 e. The fourth-order valence-electron chi connectivity index (χ4n) is 0.930. The van der Waals surface area contributed by atoms with E-state index < -0.39 is 5.97 Å². The number of anilines is 1. The molecule has 0 fully saturated rings. The Hall–Kier alpha value is -1.36. The minimum atomic E-state index is -0.959. The first-order chi connectivity index (χ1) is 6.00. The second-order valence-electron chi connectivity index (χ2n) is 2.61. The van der Waals surface area contributed by atoms with Crippen LogP contribution in [0.25, 0.3) is 0 Å². The largest absolute Gasteiger partial charge is 0.477 e. The van der Waals surface area contributed by atoms with Crippen molar-refractivity contribution in [3.8, 4) is 0 Å². The van der Waals surface area contributed by atoms with Crippen LogP contribution in [0.3, 0.4) is 0 Å². The van der Waals surface area contributed by atoms with Crippen molar-refractivity contribution in [2.24, 2.45) is 0 Å². The SMILES string of the molecule is CC(=O)Nc1cc(C)c(C(=O)O)s1. The first-order valence-corrected chi connectivity index (χ1v) is 4.43. The molecule has 0 aliphatic heterocycles. The van der Waals surface area contributed by atoms with Gasteiger partial charge in [-0.05, 0) is 18.6 Å². The maximum absolute atomic E-state index is 10.7. The number of carbonyl (C=O) groups is 2. The molecule has 1 heterocycles. The number of hydrogen-bond donors (Lipinski definition) is 2. The predicted octanol–water partition coefficient (Wildman–Crippen LogP) is 1.71. The average Bonchev–Trinajstić information content (AvgIpc) is 2.29. The van der Waals surface area contributed by atoms with E-state index in [9.17, 15) is 9.59 Å². The first-order valence-electron chi connectivity index (χ1n) is 3.62. The smallest absolute Gasteiger partial charge is 0.346 e. The summed E-state index contributed by atoms with van der Waals surface area (Å²) in [6, 6.07) is 1.65. The molecule has 0 aliphatic carbocycles. The van der Waals surface area contributed by atoms with E-state index in [0.717, 1.165) is 11.3 Å². The average molecular weight is 199 g/mol. The Kier molecular flexibility index (Phi) is 2.67. The third kappa shape index (κ3) is 2.29. The molecule has 0 saturated carbocycles. The van der Waals surface area contributed by atoms with Gasteiger partial charge in [0.1, 0.15) is 4.88 Å². The van der Waals surface area contributed by atoms with E-state index in [0.29, 0.717) is 10.6 Å². The summed E-state index contributed by atoms with van der Waals surface area (Å²) < 4.78 is 0. The second-order valence-corrected chi connectivity index (χ2v) is 3.66. The molecule has 1 aromatic rings. The molecule has 1 aromatic heterocycles. The van der Waals surface area contributed by atoms with Crippen LogP contribution in [0, 0.1) is 6.92 Å². The molecule has 0 saturated heterocycles. The lowest BCUT2D eigenvalue weighted by Crippen LogP contribution is -2.03. The highest BCUT2D eigenvalue weighted by molar-refractivity contribution is 7.18. The van der Waals surface area contributed by atoms with E-state index in [1.54, 1.807) is 13.0 Å². The lowest BCUT2D eigenvalue weighted by Gasteiger charge is -1.93. The Bertz CT molecular complexity index is 356. The van der Waals surface area contributed by atoms with Crippen LogP contribution in [-0.4, -0.2) is 17.0 Å². The van der Waals surface area contributed by atoms with Crippen LogP contribution in [0.1, 0.15) is 22.2 Å². The Labute approximate surface area is 79.2 Å². The first kappa shape index (κ1) is 9.73. The Morgan fingerprint density at radius 1 is 1.54 bits per heavy atom. The van der Waals surface area contributed by atoms with Crippen molar-refractivity contribution in [1.82, 2.24) is 0 Å². The molecule has 4 nitrogen and oxygen atoms in total. The molecule has 13 heavy (non-hydrogen) atoms. The van der Waals surface area contributed by atoms with Crippen LogP contribution >= 0.6 is 11.3 Å². The Balaban J connectivity index is 2.95. The molecule has 0 aromatic carbocycles. The summed E-state index contributed by atoms with van der Waals surface area (Å²) in [4.78, 5) is 21.5. The van der Waals surface area contributed by atoms with E-state index >= 15 is 0 Å². The number of thiophene rings is 1. The number of nitrogens with one attached hydrogen (secondary N) is 1. The standard InChI is InChI=1S/C8H9NO3S/c1-4-3-6(9-5(2)10)13-7(4)8(11)12/h3H,1-2H3,(H,9,10)(H,11,12). The van der Waals surface area contributed by atoms with Gasteiger partial charge in [-0.3, -0.25) is 4.79 Å². The molecule has 2 N–H and O–H groups in total. The highest BCUT2D eigenvalue weighted by Crippen LogP contribution is 2.26. The van der Waals surface area contributed by atoms with Crippen molar-refractivity contribution in [2.45, 2.75) is 13.8 Å². The highest BCUT2D eigenvalue weighted by Gasteiger charge is 2.12. The number of carboxylic acid groups (broad SMARTS) is 1. The van der Waals surface area contributed by atoms with Crippen LogP contribution in [0.15, 0.2) is 6.07 Å². The molecular formula is C8H9NO3S. The second kappa shape index (κ2) is 3.57. The molecule has 5 heteroatoms. The fraction of sp³-hybridized carbons (Fsp3) is 0.250. The van der Waals surface area contributed by atoms with Gasteiger partial charge in [0.15, 0.2) is 0 Å². The molecule has 0 bridgehead atoms. The van der Waals surface area contributed by atoms with Crippen molar-refractivity contribution in [3.05, 3.63) is 16.5 Å². The van der Waals surface area contributed by atoms with Gasteiger partial charge in [-0.2, -0.15) is 0 Å². The van der Waals surface area contributed by atoms with Gasteiger partial charge >= 0.3 is 5.97 Å². The van der Waals surface area contributed by atoms with E-state index in [-0.39, 0.29) is 10.8 Å². The molecule has 0 unspecified atom stereocenters. The fourth-order valence-corrected chi connectivity index (χ4v) is 1.89. The number of aromatic carboxylic acids is 1. The quantitative estimate of drug-likeness (QED) is 0.762. The lowest BCUT2D eigenvalue weighted by molar-refractivity contribution is -0.114. The van der Waals surface area contributed by atoms with E-state index in [4.69, 9.17) is 5.11 Å². The Morgan fingerprint density at radius 2 is 2.15 bits per heavy atom. The number of hydrogen-bond acceptors (Lipinski definition) is 3. The van der Waals surface area contributed by atoms with E-state index in [1.165, 1.54) is 6.92 Å². The van der Waals surface area contributed by atoms with E-state index in [2.05, 4.69) is 5.32 Å². The number of carboxylic acids is 1. The number of carbonyl (C=O) groups excluding carboxylic acids is 1. The van der Waals surface area contributed by atoms with Gasteiger partial charge in [0, 0.05) is 6.92 Å². The summed E-state index contributed by atoms with van der Waals surface area (Å²) >= 11 is 1.06. The molecular weight excluding hydrogens is 190 g/mol. The van der Waals surface area contributed by atoms with Crippen LogP contribution in [0.2, 0.25) is 0 Å². The van der Waals surface area contributed by atoms with Crippen molar-refractivity contribution in [3.63, 3.8) is 0 Å². The molecule has 0 aliphatic rings. The van der Waals surface area contributed by atoms with Crippen molar-refractivity contribution < 1.29 is 14.7 Å². The third-order valence-corrected chi connectivity index (χ3v) is 2.55. The van der Waals surface area contributed by atoms with E-state index in [1.807, 2.05) is 0 Å². The highest BCUT2D eigenvalue weighted by atomic mass is 32.1. The monoisotopic (exact) mass is 199 g/mol. The molecule has 70 valence electrons. The van der Waals surface area contributed by atoms with Crippen LogP contribution in [0.5, 0.6) is 0 Å². The van der Waals surface area contributed by atoms with Crippen molar-refractivity contribution in [1.29, 1.82) is 0 Å². The molecule has 1 amide bonds. The summed E-state index contributed by atoms with van der Waals surface area (Å²) in [5, 5.41) is 11.8. The van der Waals surface area contributed by atoms with Crippen molar-refractivity contribution in [2.75, 3.05) is 5.32 Å². The van der Waals surface area contributed by atoms with Crippen LogP contribution in [-0.2, 0) is 4.79 Å². The summed E-state index contributed by atoms with van der Waals surface area (Å²) in [5.74, 6) is -1.16. The summed E-state index contributed by atoms with van der Waals surface area (Å²) in [7, 11) is 0. The molecule has 1 rings (SSSR count). The lowest BCUT2D eigenvalue weighted by atomic mass is 10.3. The predicted molar refractivity (Wildman–Crippen MR) is 50.3 cm³/mol. The summed E-state index contributed by atoms with van der Waals surface area (Å²) in [6.07, 6.45) is 0. The number of amides is 1. The normalized spacial score (nSPS) is 9.69. The van der Waals surface area contributed by atoms with Crippen LogP contribution < -0.4 is 5.32 Å². The maximum atomic E-state index is 10.7. The van der Waals surface area contributed by atoms with Gasteiger partial charge < -0.3 is 10.4 Å². The summed E-state index contributed by atoms with van der Waals surface area (Å²) in [6.45, 7) is 3.08. The van der Waals surface area contributed by atoms with Gasteiger partial charge in [0.25, 0.3) is 0 Å². The zero-order chi connectivity index (χ0) is 10.0. The summed E-state index contributed by atoms with van der Waals surface area (Å²) in [5.41, 5.74) is 0.668. The molecule has 0 radical (unpaired) electrons. The molecule has 0 atom stereocenters. The minimum absolute atomic E-state index is 0.196. The number of aryl methyl sites for hydroxylation is 1. The topological polar surface area (TPSA) is 66.4 Å². The number of rotatable bonds is 2. The van der Waals surface area contributed by atoms with Crippen LogP contribution in [0.4, 0.5) is 5.00 Å². The Morgan fingerprint density at radius 3 is 2.54 bits per heavy atom. The van der Waals surface area contributed by atoms with Gasteiger partial charge in [-0.1, -0.05) is 0 Å². The third-order valence-electron chi connectivity index (χ3n) is 1.41. The van der Waals surface area contributed by atoms with Gasteiger partial charge in [0.2, 0.25) is 5.91 Å².